The first-order valence-corrected chi connectivity index (χ1v) is 5.32. The molecule has 0 heterocycles. The van der Waals surface area contributed by atoms with Crippen molar-refractivity contribution in [2.75, 3.05) is 0 Å². The van der Waals surface area contributed by atoms with Gasteiger partial charge in [0.2, 0.25) is 0 Å². The van der Waals surface area contributed by atoms with Crippen molar-refractivity contribution in [3.63, 3.8) is 0 Å². The Morgan fingerprint density at radius 3 is 2.60 bits per heavy atom. The molecule has 0 amide bonds. The molecule has 0 fully saturated rings. The first kappa shape index (κ1) is 14.7. The van der Waals surface area contributed by atoms with E-state index in [4.69, 9.17) is 0 Å². The normalized spacial score (nSPS) is 14.1. The smallest absolute Gasteiger partial charge is 0.0585 e. The molecule has 1 aromatic rings. The largest absolute Gasteiger partial charge is 0.393 e. The van der Waals surface area contributed by atoms with Crippen LogP contribution in [0.2, 0.25) is 0 Å². The van der Waals surface area contributed by atoms with Crippen molar-refractivity contribution in [2.24, 2.45) is 0 Å². The van der Waals surface area contributed by atoms with Crippen LogP contribution in [-0.4, -0.2) is 11.2 Å². The van der Waals surface area contributed by atoms with Crippen LogP contribution in [0.15, 0.2) is 18.2 Å². The Kier molecular flexibility index (Phi) is 6.93. The van der Waals surface area contributed by atoms with E-state index < -0.39 is 0 Å². The number of aliphatic hydroxyl groups is 1. The van der Waals surface area contributed by atoms with E-state index in [1.807, 2.05) is 25.1 Å². The monoisotopic (exact) mass is 243 g/mol. The number of benzene rings is 1. The molecule has 1 unspecified atom stereocenters. The molecule has 0 spiro atoms. The van der Waals surface area contributed by atoms with E-state index in [1.54, 1.807) is 0 Å². The summed E-state index contributed by atoms with van der Waals surface area (Å²) in [5.41, 5.74) is 2.25. The van der Waals surface area contributed by atoms with Gasteiger partial charge in [-0.15, -0.1) is 0 Å². The van der Waals surface area contributed by atoms with Gasteiger partial charge in [0.05, 0.1) is 6.10 Å². The molecule has 0 saturated carbocycles. The second-order valence-corrected chi connectivity index (χ2v) is 3.93. The standard InChI is InChI=1S/C13H19O.Cr/c1-4-6-13(14)11(3)12-8-5-7-10(2)9-12;/h5,7-8,11,13-14H,4,6H2,1-3H3;/q-1;/t11?,13-;/m1./s1. The molecule has 0 bridgehead atoms. The molecule has 2 heteroatoms. The van der Waals surface area contributed by atoms with E-state index in [1.165, 1.54) is 0 Å². The summed E-state index contributed by atoms with van der Waals surface area (Å²) in [5.74, 6) is 0.190. The number of aliphatic hydroxyl groups excluding tert-OH is 1. The number of aryl methyl sites for hydroxylation is 1. The molecule has 1 nitrogen and oxygen atoms in total. The van der Waals surface area contributed by atoms with Gasteiger partial charge in [0, 0.05) is 17.4 Å². The van der Waals surface area contributed by atoms with Crippen molar-refractivity contribution in [3.8, 4) is 0 Å². The average molecular weight is 243 g/mol. The summed E-state index contributed by atoms with van der Waals surface area (Å²) in [7, 11) is 0. The van der Waals surface area contributed by atoms with Crippen LogP contribution in [0.25, 0.3) is 0 Å². The van der Waals surface area contributed by atoms with Crippen LogP contribution >= 0.6 is 0 Å². The third-order valence-electron chi connectivity index (χ3n) is 2.62. The first-order valence-electron chi connectivity index (χ1n) is 5.32. The zero-order chi connectivity index (χ0) is 10.6. The molecular formula is C13H19CrO-. The molecule has 15 heavy (non-hydrogen) atoms. The van der Waals surface area contributed by atoms with Gasteiger partial charge in [-0.25, -0.2) is 0 Å². The molecule has 1 N–H and O–H groups in total. The topological polar surface area (TPSA) is 20.2 Å². The van der Waals surface area contributed by atoms with Gasteiger partial charge in [0.25, 0.3) is 0 Å². The Hall–Kier alpha value is -0.288. The Morgan fingerprint density at radius 2 is 2.07 bits per heavy atom. The summed E-state index contributed by atoms with van der Waals surface area (Å²) < 4.78 is 0. The third-order valence-corrected chi connectivity index (χ3v) is 2.62. The summed E-state index contributed by atoms with van der Waals surface area (Å²) in [5, 5.41) is 9.84. The Bertz CT molecular complexity index is 286. The first-order chi connectivity index (χ1) is 6.65. The van der Waals surface area contributed by atoms with Gasteiger partial charge in [-0.2, -0.15) is 35.4 Å². The van der Waals surface area contributed by atoms with E-state index in [2.05, 4.69) is 19.9 Å². The van der Waals surface area contributed by atoms with Crippen LogP contribution in [0.4, 0.5) is 0 Å². The number of hydrogen-bond donors (Lipinski definition) is 1. The maximum Gasteiger partial charge on any atom is 0.0585 e. The molecule has 0 aliphatic rings. The zero-order valence-corrected chi connectivity index (χ0v) is 10.9. The Morgan fingerprint density at radius 1 is 1.40 bits per heavy atom. The summed E-state index contributed by atoms with van der Waals surface area (Å²) >= 11 is 0. The van der Waals surface area contributed by atoms with Gasteiger partial charge in [0.15, 0.2) is 0 Å². The molecule has 0 aliphatic carbocycles. The molecule has 0 saturated heterocycles. The predicted molar refractivity (Wildman–Crippen MR) is 59.3 cm³/mol. The van der Waals surface area contributed by atoms with Gasteiger partial charge in [-0.3, -0.25) is 0 Å². The summed E-state index contributed by atoms with van der Waals surface area (Å²) in [4.78, 5) is 0. The van der Waals surface area contributed by atoms with E-state index in [9.17, 15) is 5.11 Å². The predicted octanol–water partition coefficient (Wildman–Crippen LogP) is 3.06. The molecule has 0 aromatic heterocycles. The average Bonchev–Trinajstić information content (AvgIpc) is 2.17. The van der Waals surface area contributed by atoms with Gasteiger partial charge >= 0.3 is 0 Å². The van der Waals surface area contributed by atoms with Crippen molar-refractivity contribution >= 4 is 0 Å². The molecule has 84 valence electrons. The summed E-state index contributed by atoms with van der Waals surface area (Å²) in [6, 6.07) is 9.38. The Balaban J connectivity index is 0.00000196. The summed E-state index contributed by atoms with van der Waals surface area (Å²) in [6.07, 6.45) is 1.65. The molecule has 1 aromatic carbocycles. The van der Waals surface area contributed by atoms with Crippen molar-refractivity contribution in [1.29, 1.82) is 0 Å². The maximum atomic E-state index is 9.84. The fourth-order valence-electron chi connectivity index (χ4n) is 1.63. The van der Waals surface area contributed by atoms with Crippen molar-refractivity contribution < 1.29 is 22.5 Å². The molecule has 0 aliphatic heterocycles. The number of hydrogen-bond acceptors (Lipinski definition) is 1. The number of rotatable bonds is 4. The van der Waals surface area contributed by atoms with Gasteiger partial charge in [-0.05, 0) is 12.3 Å². The molecule has 2 atom stereocenters. The van der Waals surface area contributed by atoms with E-state index in [0.29, 0.717) is 0 Å². The zero-order valence-electron chi connectivity index (χ0n) is 9.66. The van der Waals surface area contributed by atoms with Gasteiger partial charge < -0.3 is 5.11 Å². The second kappa shape index (κ2) is 7.06. The minimum atomic E-state index is -0.238. The fourth-order valence-corrected chi connectivity index (χ4v) is 1.63. The van der Waals surface area contributed by atoms with Crippen LogP contribution in [0.1, 0.15) is 43.7 Å². The van der Waals surface area contributed by atoms with Crippen molar-refractivity contribution in [3.05, 3.63) is 35.4 Å². The minimum Gasteiger partial charge on any atom is -0.393 e. The van der Waals surface area contributed by atoms with Crippen LogP contribution in [-0.2, 0) is 17.4 Å². The third kappa shape index (κ3) is 4.38. The van der Waals surface area contributed by atoms with Crippen LogP contribution < -0.4 is 0 Å². The molecular weight excluding hydrogens is 224 g/mol. The fraction of sp³-hybridized carbons (Fsp3) is 0.538. The van der Waals surface area contributed by atoms with Crippen LogP contribution in [0.3, 0.4) is 0 Å². The molecule has 1 rings (SSSR count). The van der Waals surface area contributed by atoms with Gasteiger partial charge in [-0.1, -0.05) is 27.2 Å². The van der Waals surface area contributed by atoms with Gasteiger partial charge in [0.1, 0.15) is 0 Å². The van der Waals surface area contributed by atoms with Crippen LogP contribution in [0.5, 0.6) is 0 Å². The quantitative estimate of drug-likeness (QED) is 0.806. The molecule has 0 radical (unpaired) electrons. The second-order valence-electron chi connectivity index (χ2n) is 3.93. The SMILES string of the molecule is CCC[C@@H](O)C(C)c1[c-]c(C)ccc1.[Cr]. The van der Waals surface area contributed by atoms with E-state index in [-0.39, 0.29) is 29.4 Å². The van der Waals surface area contributed by atoms with E-state index >= 15 is 0 Å². The van der Waals surface area contributed by atoms with Crippen molar-refractivity contribution in [1.82, 2.24) is 0 Å². The van der Waals surface area contributed by atoms with Crippen LogP contribution in [0, 0.1) is 13.0 Å². The minimum absolute atomic E-state index is 0. The summed E-state index contributed by atoms with van der Waals surface area (Å²) in [6.45, 7) is 6.18. The van der Waals surface area contributed by atoms with Crippen molar-refractivity contribution in [2.45, 2.75) is 45.6 Å². The maximum absolute atomic E-state index is 9.84. The Labute approximate surface area is 104 Å². The van der Waals surface area contributed by atoms with E-state index in [0.717, 1.165) is 24.0 Å².